The summed E-state index contributed by atoms with van der Waals surface area (Å²) < 4.78 is 2.62. The van der Waals surface area contributed by atoms with E-state index >= 15 is 0 Å². The normalized spacial score (nSPS) is 18.0. The highest BCUT2D eigenvalue weighted by atomic mass is 15.1. The molecule has 0 saturated heterocycles. The van der Waals surface area contributed by atoms with Crippen LogP contribution in [-0.2, 0) is 27.1 Å². The molecule has 0 radical (unpaired) electrons. The van der Waals surface area contributed by atoms with Gasteiger partial charge in [0.25, 0.3) is 0 Å². The molecule has 3 nitrogen and oxygen atoms in total. The second kappa shape index (κ2) is 16.1. The second-order valence-electron chi connectivity index (χ2n) is 25.4. The Morgan fingerprint density at radius 3 is 1.51 bits per heavy atom. The maximum atomic E-state index is 4.18. The molecule has 5 aromatic carbocycles. The number of aromatic nitrogens is 1. The van der Waals surface area contributed by atoms with Crippen molar-refractivity contribution in [3.05, 3.63) is 195 Å². The van der Waals surface area contributed by atoms with Crippen molar-refractivity contribution in [2.75, 3.05) is 10.2 Å². The Kier molecular flexibility index (Phi) is 11.2. The second-order valence-corrected chi connectivity index (χ2v) is 25.4. The fourth-order valence-electron chi connectivity index (χ4n) is 11.2. The van der Waals surface area contributed by atoms with Gasteiger partial charge in [-0.15, -0.1) is 0 Å². The third kappa shape index (κ3) is 8.22. The summed E-state index contributed by atoms with van der Waals surface area (Å²) >= 11 is 0. The topological polar surface area (TPSA) is 20.2 Å². The first-order chi connectivity index (χ1) is 31.7. The average molecular weight is 900 g/mol. The van der Waals surface area contributed by atoms with Gasteiger partial charge in [0.2, 0.25) is 0 Å². The molecule has 3 aliphatic rings. The van der Waals surface area contributed by atoms with Crippen molar-refractivity contribution >= 4 is 33.7 Å². The van der Waals surface area contributed by atoms with Crippen LogP contribution in [-0.4, -0.2) is 10.6 Å². The zero-order valence-electron chi connectivity index (χ0n) is 44.3. The molecule has 0 amide bonds. The van der Waals surface area contributed by atoms with Crippen LogP contribution in [0.4, 0.5) is 22.7 Å². The summed E-state index contributed by atoms with van der Waals surface area (Å²) in [7, 11) is 0. The summed E-state index contributed by atoms with van der Waals surface area (Å²) in [6, 6.07) is 47.2. The lowest BCUT2D eigenvalue weighted by Gasteiger charge is -2.44. The van der Waals surface area contributed by atoms with Crippen LogP contribution in [0.1, 0.15) is 167 Å². The number of hydrogen-bond donors (Lipinski definition) is 1. The number of para-hydroxylation sites is 1. The molecule has 68 heavy (non-hydrogen) atoms. The van der Waals surface area contributed by atoms with Gasteiger partial charge in [0.1, 0.15) is 0 Å². The van der Waals surface area contributed by atoms with E-state index in [0.717, 1.165) is 22.7 Å². The highest BCUT2D eigenvalue weighted by molar-refractivity contribution is 5.94. The molecule has 3 heterocycles. The van der Waals surface area contributed by atoms with Crippen LogP contribution in [0, 0.1) is 12.3 Å². The molecule has 0 fully saturated rings. The number of allylic oxidation sites excluding steroid dienone is 2. The molecular formula is C65H77N3. The summed E-state index contributed by atoms with van der Waals surface area (Å²) in [6.07, 6.45) is 7.30. The molecule has 3 heteroatoms. The van der Waals surface area contributed by atoms with Crippen LogP contribution < -0.4 is 10.2 Å². The van der Waals surface area contributed by atoms with Crippen molar-refractivity contribution in [3.63, 3.8) is 0 Å². The third-order valence-corrected chi connectivity index (χ3v) is 15.6. The highest BCUT2D eigenvalue weighted by Gasteiger charge is 2.42. The van der Waals surface area contributed by atoms with Gasteiger partial charge in [-0.25, -0.2) is 0 Å². The van der Waals surface area contributed by atoms with E-state index < -0.39 is 0 Å². The summed E-state index contributed by atoms with van der Waals surface area (Å²) in [5.41, 5.74) is 20.2. The van der Waals surface area contributed by atoms with Crippen LogP contribution >= 0.6 is 0 Å². The molecule has 0 saturated carbocycles. The minimum Gasteiger partial charge on any atom is -0.378 e. The van der Waals surface area contributed by atoms with Gasteiger partial charge in [-0.1, -0.05) is 202 Å². The molecule has 9 rings (SSSR count). The fourth-order valence-corrected chi connectivity index (χ4v) is 11.2. The lowest BCUT2D eigenvalue weighted by Crippen LogP contribution is -2.35. The minimum absolute atomic E-state index is 0.0302. The molecule has 2 atom stereocenters. The van der Waals surface area contributed by atoms with Crippen LogP contribution in [0.25, 0.3) is 16.6 Å². The number of hydrogen-bond acceptors (Lipinski definition) is 2. The van der Waals surface area contributed by atoms with E-state index in [-0.39, 0.29) is 44.4 Å². The van der Waals surface area contributed by atoms with E-state index in [1.54, 1.807) is 0 Å². The Labute approximate surface area is 409 Å². The predicted octanol–water partition coefficient (Wildman–Crippen LogP) is 17.8. The van der Waals surface area contributed by atoms with Crippen molar-refractivity contribution in [1.82, 2.24) is 4.57 Å². The molecule has 1 N–H and O–H groups in total. The molecular weight excluding hydrogens is 823 g/mol. The molecule has 1 aliphatic carbocycles. The number of anilines is 4. The third-order valence-electron chi connectivity index (χ3n) is 15.6. The lowest BCUT2D eigenvalue weighted by molar-refractivity contribution is 0.507. The van der Waals surface area contributed by atoms with Crippen molar-refractivity contribution in [2.45, 2.75) is 157 Å². The quantitative estimate of drug-likeness (QED) is 0.180. The van der Waals surface area contributed by atoms with Gasteiger partial charge >= 0.3 is 0 Å². The zero-order chi connectivity index (χ0) is 49.1. The maximum Gasteiger partial charge on any atom is 0.0573 e. The van der Waals surface area contributed by atoms with E-state index in [9.17, 15) is 0 Å². The van der Waals surface area contributed by atoms with Gasteiger partial charge in [-0.3, -0.25) is 0 Å². The predicted molar refractivity (Wildman–Crippen MR) is 294 cm³/mol. The summed E-state index contributed by atoms with van der Waals surface area (Å²) in [6.45, 7) is 39.7. The van der Waals surface area contributed by atoms with Crippen molar-refractivity contribution in [1.29, 1.82) is 0 Å². The van der Waals surface area contributed by atoms with E-state index in [1.807, 2.05) is 0 Å². The molecule has 352 valence electrons. The molecule has 2 aliphatic heterocycles. The van der Waals surface area contributed by atoms with E-state index in [1.165, 1.54) is 72.4 Å². The minimum atomic E-state index is -0.288. The van der Waals surface area contributed by atoms with Gasteiger partial charge in [0, 0.05) is 50.6 Å². The van der Waals surface area contributed by atoms with Crippen molar-refractivity contribution in [3.8, 4) is 5.69 Å². The van der Waals surface area contributed by atoms with Crippen LogP contribution in [0.3, 0.4) is 0 Å². The Hall–Kier alpha value is -5.80. The molecule has 2 bridgehead atoms. The van der Waals surface area contributed by atoms with Gasteiger partial charge in [0.05, 0.1) is 17.2 Å². The summed E-state index contributed by atoms with van der Waals surface area (Å²) in [5.74, 6) is 0.149. The van der Waals surface area contributed by atoms with Crippen LogP contribution in [0.5, 0.6) is 0 Å². The standard InChI is InChI=1S/C65H77N3/c1-41-55-39-48(66-57-36-30-47(63(11,12)13)38-52(57)42-21-24-44(25-22-42)60(2,3)4)31-23-43-37-51(40-56-58(43)67(41)59-53(64(55,14)15)19-18-20-54(59)65(56,16)17)68(49-32-26-45(27-33-49)61(5,6)7)50-34-28-46(29-35-50)62(8,9)10/h18-40,52,57,66H,1-17H3. The van der Waals surface area contributed by atoms with Crippen LogP contribution in [0.15, 0.2) is 145 Å². The first-order valence-corrected chi connectivity index (χ1v) is 25.2. The Morgan fingerprint density at radius 2 is 1.01 bits per heavy atom. The van der Waals surface area contributed by atoms with Gasteiger partial charge in [0.15, 0.2) is 0 Å². The fraction of sp³-hybridized carbons (Fsp3) is 0.385. The molecule has 0 spiro atoms. The van der Waals surface area contributed by atoms with E-state index in [2.05, 4.69) is 272 Å². The van der Waals surface area contributed by atoms with Gasteiger partial charge < -0.3 is 14.8 Å². The van der Waals surface area contributed by atoms with Crippen LogP contribution in [0.2, 0.25) is 0 Å². The molecule has 6 aromatic rings. The number of nitrogens with zero attached hydrogens (tertiary/aromatic N) is 2. The maximum absolute atomic E-state index is 4.18. The number of fused-ring (bicyclic) bond motifs is 1. The van der Waals surface area contributed by atoms with Gasteiger partial charge in [-0.2, -0.15) is 0 Å². The number of rotatable bonds is 6. The number of nitrogens with one attached hydrogen (secondary N) is 1. The monoisotopic (exact) mass is 900 g/mol. The summed E-state index contributed by atoms with van der Waals surface area (Å²) in [5, 5.41) is 5.38. The first kappa shape index (κ1) is 47.3. The van der Waals surface area contributed by atoms with Gasteiger partial charge in [-0.05, 0) is 127 Å². The zero-order valence-corrected chi connectivity index (χ0v) is 44.3. The van der Waals surface area contributed by atoms with E-state index in [0.29, 0.717) is 0 Å². The molecule has 2 unspecified atom stereocenters. The average Bonchev–Trinajstić information content (AvgIpc) is 3.30. The Morgan fingerprint density at radius 1 is 0.515 bits per heavy atom. The number of benzene rings is 5. The highest BCUT2D eigenvalue weighted by Crippen LogP contribution is 2.53. The summed E-state index contributed by atoms with van der Waals surface area (Å²) in [4.78, 5) is 2.47. The Balaban J connectivity index is 1.30. The smallest absolute Gasteiger partial charge is 0.0573 e. The van der Waals surface area contributed by atoms with E-state index in [4.69, 9.17) is 0 Å². The largest absolute Gasteiger partial charge is 0.378 e. The first-order valence-electron chi connectivity index (χ1n) is 25.2. The lowest BCUT2D eigenvalue weighted by atomic mass is 9.68. The van der Waals surface area contributed by atoms with Crippen molar-refractivity contribution < 1.29 is 0 Å². The Bertz CT molecular complexity index is 2990. The molecule has 1 aromatic heterocycles. The van der Waals surface area contributed by atoms with Crippen molar-refractivity contribution in [2.24, 2.45) is 5.41 Å². The SMILES string of the molecule is Cc1c2cc(NC3C=CC(C(C)(C)C)=CC3c3ccc(C(C)(C)C)cc3)ccc3cc(N(c4ccc(C(C)(C)C)cc4)c4ccc(C(C)(C)C)cc4)cc4c3n1-c1c(cccc1C4(C)C)C2(C)C.